The second-order valence-corrected chi connectivity index (χ2v) is 5.12. The number of nitrogens with zero attached hydrogens (tertiary/aromatic N) is 2. The van der Waals surface area contributed by atoms with Crippen LogP contribution in [0.4, 0.5) is 11.6 Å². The number of aromatic nitrogens is 2. The largest absolute Gasteiger partial charge is 0.374 e. The standard InChI is InChI=1S/C13H19N5OS/c1-2-19-9-13-16-11(8-12(17-13)18-14)15-6-5-10-4-3-7-20-10/h3-4,7-8H,2,5-6,9,14H2,1H3,(H2,15,16,17,18). The Kier molecular flexibility index (Phi) is 5.72. The summed E-state index contributed by atoms with van der Waals surface area (Å²) in [4.78, 5) is 9.98. The van der Waals surface area contributed by atoms with Gasteiger partial charge in [-0.05, 0) is 24.8 Å². The Balaban J connectivity index is 1.94. The van der Waals surface area contributed by atoms with Crippen LogP contribution in [0, 0.1) is 0 Å². The van der Waals surface area contributed by atoms with Crippen LogP contribution in [0.3, 0.4) is 0 Å². The molecule has 0 aromatic carbocycles. The van der Waals surface area contributed by atoms with Crippen molar-refractivity contribution in [2.45, 2.75) is 20.0 Å². The van der Waals surface area contributed by atoms with Crippen LogP contribution in [0.25, 0.3) is 0 Å². The number of nitrogens with two attached hydrogens (primary N) is 1. The number of hydrogen-bond donors (Lipinski definition) is 3. The highest BCUT2D eigenvalue weighted by atomic mass is 32.1. The first-order valence-electron chi connectivity index (χ1n) is 6.50. The van der Waals surface area contributed by atoms with E-state index in [0.717, 1.165) is 18.8 Å². The van der Waals surface area contributed by atoms with Crippen LogP contribution in [0.15, 0.2) is 23.6 Å². The predicted molar refractivity (Wildman–Crippen MR) is 81.7 cm³/mol. The first-order valence-corrected chi connectivity index (χ1v) is 7.38. The van der Waals surface area contributed by atoms with Crippen molar-refractivity contribution < 1.29 is 4.74 Å². The molecule has 0 bridgehead atoms. The molecule has 7 heteroatoms. The molecule has 2 aromatic heterocycles. The molecule has 2 rings (SSSR count). The van der Waals surface area contributed by atoms with E-state index >= 15 is 0 Å². The molecule has 0 unspecified atom stereocenters. The van der Waals surface area contributed by atoms with Crippen molar-refractivity contribution in [1.82, 2.24) is 9.97 Å². The lowest BCUT2D eigenvalue weighted by Crippen LogP contribution is -2.13. The van der Waals surface area contributed by atoms with Gasteiger partial charge >= 0.3 is 0 Å². The highest BCUT2D eigenvalue weighted by Crippen LogP contribution is 2.13. The fraction of sp³-hybridized carbons (Fsp3) is 0.385. The summed E-state index contributed by atoms with van der Waals surface area (Å²) in [7, 11) is 0. The lowest BCUT2D eigenvalue weighted by Gasteiger charge is -2.09. The highest BCUT2D eigenvalue weighted by molar-refractivity contribution is 7.09. The van der Waals surface area contributed by atoms with Crippen LogP contribution < -0.4 is 16.6 Å². The maximum absolute atomic E-state index is 5.41. The SMILES string of the molecule is CCOCc1nc(NN)cc(NCCc2cccs2)n1. The molecule has 0 saturated heterocycles. The minimum atomic E-state index is 0.381. The van der Waals surface area contributed by atoms with Crippen molar-refractivity contribution in [2.24, 2.45) is 5.84 Å². The maximum Gasteiger partial charge on any atom is 0.158 e. The van der Waals surface area contributed by atoms with Crippen LogP contribution in [0.1, 0.15) is 17.6 Å². The van der Waals surface area contributed by atoms with E-state index in [1.165, 1.54) is 4.88 Å². The van der Waals surface area contributed by atoms with Crippen LogP contribution >= 0.6 is 11.3 Å². The number of anilines is 2. The Hall–Kier alpha value is -1.70. The molecule has 0 fully saturated rings. The summed E-state index contributed by atoms with van der Waals surface area (Å²) < 4.78 is 5.32. The fourth-order valence-electron chi connectivity index (χ4n) is 1.69. The number of hydrazine groups is 1. The van der Waals surface area contributed by atoms with E-state index in [2.05, 4.69) is 38.2 Å². The van der Waals surface area contributed by atoms with Gasteiger partial charge in [0.05, 0.1) is 0 Å². The van der Waals surface area contributed by atoms with Crippen molar-refractivity contribution in [3.05, 3.63) is 34.3 Å². The Morgan fingerprint density at radius 3 is 2.90 bits per heavy atom. The van der Waals surface area contributed by atoms with Gasteiger partial charge in [-0.1, -0.05) is 6.07 Å². The van der Waals surface area contributed by atoms with Crippen LogP contribution in [-0.2, 0) is 17.8 Å². The Labute approximate surface area is 122 Å². The monoisotopic (exact) mass is 293 g/mol. The number of hydrogen-bond acceptors (Lipinski definition) is 7. The third-order valence-corrected chi connectivity index (χ3v) is 3.55. The first kappa shape index (κ1) is 14.7. The summed E-state index contributed by atoms with van der Waals surface area (Å²) in [6.45, 7) is 3.76. The second-order valence-electron chi connectivity index (χ2n) is 4.09. The van der Waals surface area contributed by atoms with Gasteiger partial charge in [0.15, 0.2) is 5.82 Å². The van der Waals surface area contributed by atoms with E-state index in [9.17, 15) is 0 Å². The van der Waals surface area contributed by atoms with Gasteiger partial charge in [0, 0.05) is 24.1 Å². The van der Waals surface area contributed by atoms with Crippen molar-refractivity contribution in [3.63, 3.8) is 0 Å². The fourth-order valence-corrected chi connectivity index (χ4v) is 2.40. The topological polar surface area (TPSA) is 85.1 Å². The lowest BCUT2D eigenvalue weighted by molar-refractivity contribution is 0.128. The summed E-state index contributed by atoms with van der Waals surface area (Å²) in [5.74, 6) is 7.35. The number of ether oxygens (including phenoxy) is 1. The van der Waals surface area contributed by atoms with Crippen LogP contribution in [-0.4, -0.2) is 23.1 Å². The molecule has 2 aromatic rings. The van der Waals surface area contributed by atoms with Crippen molar-refractivity contribution in [1.29, 1.82) is 0 Å². The van der Waals surface area contributed by atoms with Gasteiger partial charge in [0.1, 0.15) is 18.2 Å². The lowest BCUT2D eigenvalue weighted by atomic mass is 10.3. The Morgan fingerprint density at radius 1 is 1.35 bits per heavy atom. The average molecular weight is 293 g/mol. The van der Waals surface area contributed by atoms with E-state index in [1.807, 2.05) is 6.92 Å². The maximum atomic E-state index is 5.41. The van der Waals surface area contributed by atoms with E-state index in [4.69, 9.17) is 10.6 Å². The van der Waals surface area contributed by atoms with Gasteiger partial charge in [-0.15, -0.1) is 11.3 Å². The summed E-state index contributed by atoms with van der Waals surface area (Å²) in [5, 5.41) is 5.36. The van der Waals surface area contributed by atoms with Gasteiger partial charge in [-0.25, -0.2) is 15.8 Å². The Bertz CT molecular complexity index is 517. The van der Waals surface area contributed by atoms with E-state index in [0.29, 0.717) is 24.9 Å². The second kappa shape index (κ2) is 7.78. The van der Waals surface area contributed by atoms with E-state index in [1.54, 1.807) is 17.4 Å². The van der Waals surface area contributed by atoms with E-state index in [-0.39, 0.29) is 0 Å². The molecule has 4 N–H and O–H groups in total. The van der Waals surface area contributed by atoms with Crippen molar-refractivity contribution in [2.75, 3.05) is 23.9 Å². The third kappa shape index (κ3) is 4.44. The molecule has 0 amide bonds. The van der Waals surface area contributed by atoms with Crippen LogP contribution in [0.5, 0.6) is 0 Å². The molecule has 6 nitrogen and oxygen atoms in total. The molecule has 2 heterocycles. The molecule has 0 aliphatic heterocycles. The normalized spacial score (nSPS) is 10.5. The van der Waals surface area contributed by atoms with Crippen molar-refractivity contribution in [3.8, 4) is 0 Å². The molecule has 0 aliphatic carbocycles. The number of nitrogen functional groups attached to an aromatic ring is 1. The zero-order valence-corrected chi connectivity index (χ0v) is 12.2. The van der Waals surface area contributed by atoms with Gasteiger partial charge < -0.3 is 15.5 Å². The smallest absolute Gasteiger partial charge is 0.158 e. The van der Waals surface area contributed by atoms with Crippen LogP contribution in [0.2, 0.25) is 0 Å². The molecule has 0 spiro atoms. The summed E-state index contributed by atoms with van der Waals surface area (Å²) >= 11 is 1.75. The number of thiophene rings is 1. The molecule has 0 radical (unpaired) electrons. The van der Waals surface area contributed by atoms with Gasteiger partial charge in [0.2, 0.25) is 0 Å². The Morgan fingerprint density at radius 2 is 2.20 bits per heavy atom. The average Bonchev–Trinajstić information content (AvgIpc) is 2.98. The number of rotatable bonds is 8. The van der Waals surface area contributed by atoms with E-state index < -0.39 is 0 Å². The third-order valence-electron chi connectivity index (χ3n) is 2.61. The molecule has 20 heavy (non-hydrogen) atoms. The molecule has 108 valence electrons. The molecular weight excluding hydrogens is 274 g/mol. The summed E-state index contributed by atoms with van der Waals surface area (Å²) in [5.41, 5.74) is 2.54. The van der Waals surface area contributed by atoms with Gasteiger partial charge in [-0.2, -0.15) is 0 Å². The molecule has 0 saturated carbocycles. The minimum Gasteiger partial charge on any atom is -0.374 e. The molecule has 0 aliphatic rings. The highest BCUT2D eigenvalue weighted by Gasteiger charge is 2.04. The molecular formula is C13H19N5OS. The summed E-state index contributed by atoms with van der Waals surface area (Å²) in [6.07, 6.45) is 0.966. The van der Waals surface area contributed by atoms with Crippen molar-refractivity contribution >= 4 is 23.0 Å². The van der Waals surface area contributed by atoms with Gasteiger partial charge in [-0.3, -0.25) is 0 Å². The number of nitrogens with one attached hydrogen (secondary N) is 2. The molecule has 0 atom stereocenters. The van der Waals surface area contributed by atoms with Gasteiger partial charge in [0.25, 0.3) is 0 Å². The zero-order chi connectivity index (χ0) is 14.2. The zero-order valence-electron chi connectivity index (χ0n) is 11.4. The predicted octanol–water partition coefficient (Wildman–Crippen LogP) is 2.01. The first-order chi connectivity index (χ1) is 9.81. The quantitative estimate of drug-likeness (QED) is 0.510. The minimum absolute atomic E-state index is 0.381. The summed E-state index contributed by atoms with van der Waals surface area (Å²) in [6, 6.07) is 5.96.